The molecule has 0 bridgehead atoms. The number of anilines is 1. The van der Waals surface area contributed by atoms with Gasteiger partial charge in [-0.1, -0.05) is 44.0 Å². The predicted molar refractivity (Wildman–Crippen MR) is 115 cm³/mol. The summed E-state index contributed by atoms with van der Waals surface area (Å²) in [6.45, 7) is 6.71. The summed E-state index contributed by atoms with van der Waals surface area (Å²) in [5, 5.41) is 4.08. The summed E-state index contributed by atoms with van der Waals surface area (Å²) in [4.78, 5) is 26.4. The molecule has 1 aliphatic rings. The van der Waals surface area contributed by atoms with Gasteiger partial charge in [0.25, 0.3) is 5.91 Å². The van der Waals surface area contributed by atoms with Crippen LogP contribution in [-0.2, 0) is 17.6 Å². The van der Waals surface area contributed by atoms with Crippen LogP contribution >= 0.6 is 34.5 Å². The number of fused-ring (bicyclic) bond motifs is 1. The first-order chi connectivity index (χ1) is 13.1. The van der Waals surface area contributed by atoms with Crippen molar-refractivity contribution in [3.05, 3.63) is 49.8 Å². The lowest BCUT2D eigenvalue weighted by molar-refractivity contribution is 0.0600. The van der Waals surface area contributed by atoms with Gasteiger partial charge in [-0.2, -0.15) is 0 Å². The normalized spacial score (nSPS) is 16.4. The second-order valence-electron chi connectivity index (χ2n) is 8.08. The van der Waals surface area contributed by atoms with Gasteiger partial charge in [-0.25, -0.2) is 4.79 Å². The highest BCUT2D eigenvalue weighted by Gasteiger charge is 2.34. The van der Waals surface area contributed by atoms with E-state index in [4.69, 9.17) is 27.9 Å². The molecule has 1 unspecified atom stereocenters. The number of hydrogen-bond acceptors (Lipinski definition) is 4. The van der Waals surface area contributed by atoms with Gasteiger partial charge >= 0.3 is 5.97 Å². The number of nitrogens with one attached hydrogen (secondary N) is 1. The molecule has 0 saturated carbocycles. The Hall–Kier alpha value is -1.56. The summed E-state index contributed by atoms with van der Waals surface area (Å²) < 4.78 is 4.99. The average molecular weight is 440 g/mol. The number of amides is 1. The van der Waals surface area contributed by atoms with Crippen LogP contribution < -0.4 is 5.32 Å². The third-order valence-electron chi connectivity index (χ3n) is 5.28. The number of carbonyl (C=O) groups excluding carboxylic acids is 2. The number of rotatable bonds is 3. The van der Waals surface area contributed by atoms with Crippen molar-refractivity contribution in [3.63, 3.8) is 0 Å². The third kappa shape index (κ3) is 4.22. The van der Waals surface area contributed by atoms with Crippen LogP contribution in [0.3, 0.4) is 0 Å². The zero-order chi connectivity index (χ0) is 20.6. The minimum atomic E-state index is -0.431. The second kappa shape index (κ2) is 8.05. The van der Waals surface area contributed by atoms with Gasteiger partial charge < -0.3 is 10.1 Å². The van der Waals surface area contributed by atoms with Crippen LogP contribution in [0.1, 0.15) is 58.3 Å². The Morgan fingerprint density at radius 2 is 1.96 bits per heavy atom. The summed E-state index contributed by atoms with van der Waals surface area (Å²) in [6.07, 6.45) is 2.69. The quantitative estimate of drug-likeness (QED) is 0.575. The molecule has 150 valence electrons. The monoisotopic (exact) mass is 439 g/mol. The molecule has 1 aromatic heterocycles. The number of ether oxygens (including phenoxy) is 1. The highest BCUT2D eigenvalue weighted by molar-refractivity contribution is 7.17. The number of carbonyl (C=O) groups is 2. The van der Waals surface area contributed by atoms with E-state index in [1.165, 1.54) is 24.5 Å². The van der Waals surface area contributed by atoms with E-state index in [9.17, 15) is 9.59 Å². The molecule has 1 aliphatic carbocycles. The molecule has 7 heteroatoms. The maximum atomic E-state index is 12.8. The zero-order valence-corrected chi connectivity index (χ0v) is 18.6. The fraction of sp³-hybridized carbons (Fsp3) is 0.429. The molecule has 1 atom stereocenters. The van der Waals surface area contributed by atoms with Crippen LogP contribution in [0, 0.1) is 11.3 Å². The molecule has 4 nitrogen and oxygen atoms in total. The number of hydrogen-bond donors (Lipinski definition) is 1. The maximum absolute atomic E-state index is 12.8. The van der Waals surface area contributed by atoms with Gasteiger partial charge in [0.1, 0.15) is 5.00 Å². The van der Waals surface area contributed by atoms with Crippen molar-refractivity contribution in [3.8, 4) is 0 Å². The number of esters is 1. The number of methoxy groups -OCH3 is 1. The lowest BCUT2D eigenvalue weighted by atomic mass is 9.72. The topological polar surface area (TPSA) is 55.4 Å². The van der Waals surface area contributed by atoms with Crippen LogP contribution in [0.2, 0.25) is 10.0 Å². The van der Waals surface area contributed by atoms with Crippen molar-refractivity contribution < 1.29 is 14.3 Å². The number of benzene rings is 1. The van der Waals surface area contributed by atoms with E-state index in [2.05, 4.69) is 26.1 Å². The third-order valence-corrected chi connectivity index (χ3v) is 7.01. The number of halogens is 2. The molecule has 0 spiro atoms. The Kier molecular flexibility index (Phi) is 6.08. The Morgan fingerprint density at radius 3 is 2.61 bits per heavy atom. The molecule has 0 aliphatic heterocycles. The molecule has 1 heterocycles. The fourth-order valence-electron chi connectivity index (χ4n) is 3.57. The van der Waals surface area contributed by atoms with Crippen molar-refractivity contribution in [2.24, 2.45) is 11.3 Å². The lowest BCUT2D eigenvalue weighted by Crippen LogP contribution is -2.26. The molecule has 3 rings (SSSR count). The Bertz CT molecular complexity index is 930. The predicted octanol–water partition coefficient (Wildman–Crippen LogP) is 6.24. The summed E-state index contributed by atoms with van der Waals surface area (Å²) in [5.74, 6) is -0.308. The molecule has 1 aromatic carbocycles. The standard InChI is InChI=1S/C21H23Cl2NO3S/c1-21(2,3)11-5-7-13-16(9-11)28-19(17(13)20(26)27-4)24-18(25)14-10-12(22)6-8-15(14)23/h6,8,10-11H,5,7,9H2,1-4H3,(H,24,25). The summed E-state index contributed by atoms with van der Waals surface area (Å²) in [7, 11) is 1.35. The van der Waals surface area contributed by atoms with E-state index < -0.39 is 11.9 Å². The van der Waals surface area contributed by atoms with Crippen molar-refractivity contribution in [2.45, 2.75) is 40.0 Å². The van der Waals surface area contributed by atoms with Crippen LogP contribution in [0.25, 0.3) is 0 Å². The SMILES string of the molecule is COC(=O)c1c(NC(=O)c2cc(Cl)ccc2Cl)sc2c1CCC(C(C)(C)C)C2. The Labute approximate surface area is 179 Å². The van der Waals surface area contributed by atoms with Crippen molar-refractivity contribution >= 4 is 51.4 Å². The Morgan fingerprint density at radius 1 is 1.25 bits per heavy atom. The zero-order valence-electron chi connectivity index (χ0n) is 16.3. The van der Waals surface area contributed by atoms with E-state index in [0.717, 1.165) is 29.7 Å². The van der Waals surface area contributed by atoms with Gasteiger partial charge in [-0.05, 0) is 54.4 Å². The molecule has 0 radical (unpaired) electrons. The average Bonchev–Trinajstić information content (AvgIpc) is 2.99. The summed E-state index contributed by atoms with van der Waals surface area (Å²) in [6, 6.07) is 4.71. The molecule has 2 aromatic rings. The van der Waals surface area contributed by atoms with Crippen molar-refractivity contribution in [1.29, 1.82) is 0 Å². The summed E-state index contributed by atoms with van der Waals surface area (Å²) >= 11 is 13.6. The van der Waals surface area contributed by atoms with Gasteiger partial charge in [0, 0.05) is 9.90 Å². The molecular weight excluding hydrogens is 417 g/mol. The van der Waals surface area contributed by atoms with Gasteiger partial charge in [0.05, 0.1) is 23.3 Å². The molecule has 0 saturated heterocycles. The van der Waals surface area contributed by atoms with Crippen LogP contribution in [0.15, 0.2) is 18.2 Å². The molecule has 28 heavy (non-hydrogen) atoms. The van der Waals surface area contributed by atoms with Crippen LogP contribution in [-0.4, -0.2) is 19.0 Å². The smallest absolute Gasteiger partial charge is 0.341 e. The second-order valence-corrected chi connectivity index (χ2v) is 10.0. The largest absolute Gasteiger partial charge is 0.465 e. The van der Waals surface area contributed by atoms with Gasteiger partial charge in [-0.15, -0.1) is 11.3 Å². The van der Waals surface area contributed by atoms with Gasteiger partial charge in [0.2, 0.25) is 0 Å². The first-order valence-electron chi connectivity index (χ1n) is 9.11. The molecular formula is C21H23Cl2NO3S. The first kappa shape index (κ1) is 21.2. The highest BCUT2D eigenvalue weighted by Crippen LogP contribution is 2.44. The number of thiophene rings is 1. The molecule has 0 fully saturated rings. The van der Waals surface area contributed by atoms with E-state index in [1.54, 1.807) is 12.1 Å². The van der Waals surface area contributed by atoms with E-state index in [0.29, 0.717) is 26.5 Å². The highest BCUT2D eigenvalue weighted by atomic mass is 35.5. The van der Waals surface area contributed by atoms with E-state index in [-0.39, 0.29) is 11.0 Å². The Balaban J connectivity index is 1.97. The van der Waals surface area contributed by atoms with Crippen LogP contribution in [0.5, 0.6) is 0 Å². The van der Waals surface area contributed by atoms with Gasteiger partial charge in [0.15, 0.2) is 0 Å². The van der Waals surface area contributed by atoms with E-state index >= 15 is 0 Å². The first-order valence-corrected chi connectivity index (χ1v) is 10.7. The molecule has 1 amide bonds. The minimum absolute atomic E-state index is 0.185. The fourth-order valence-corrected chi connectivity index (χ4v) is 5.26. The van der Waals surface area contributed by atoms with E-state index in [1.807, 2.05) is 0 Å². The van der Waals surface area contributed by atoms with Crippen LogP contribution in [0.4, 0.5) is 5.00 Å². The van der Waals surface area contributed by atoms with Crippen molar-refractivity contribution in [1.82, 2.24) is 0 Å². The van der Waals surface area contributed by atoms with Crippen molar-refractivity contribution in [2.75, 3.05) is 12.4 Å². The lowest BCUT2D eigenvalue weighted by Gasteiger charge is -2.33. The maximum Gasteiger partial charge on any atom is 0.341 e. The molecule has 1 N–H and O–H groups in total. The van der Waals surface area contributed by atoms with Gasteiger partial charge in [-0.3, -0.25) is 4.79 Å². The summed E-state index contributed by atoms with van der Waals surface area (Å²) in [5.41, 5.74) is 1.90. The minimum Gasteiger partial charge on any atom is -0.465 e.